The van der Waals surface area contributed by atoms with E-state index in [9.17, 15) is 22.4 Å². The van der Waals surface area contributed by atoms with Crippen LogP contribution in [0.15, 0.2) is 42.5 Å². The Morgan fingerprint density at radius 2 is 1.76 bits per heavy atom. The number of ether oxygens (including phenoxy) is 2. The maximum atomic E-state index is 13.7. The molecule has 0 spiro atoms. The average Bonchev–Trinajstić information content (AvgIpc) is 2.53. The first-order valence-electron chi connectivity index (χ1n) is 7.19. The van der Waals surface area contributed by atoms with Crippen LogP contribution in [0, 0.1) is 5.82 Å². The van der Waals surface area contributed by atoms with Gasteiger partial charge in [0.25, 0.3) is 5.91 Å². The summed E-state index contributed by atoms with van der Waals surface area (Å²) in [6.07, 6.45) is -4.79. The zero-order valence-electron chi connectivity index (χ0n) is 13.4. The highest BCUT2D eigenvalue weighted by Crippen LogP contribution is 2.24. The molecule has 0 aromatic heterocycles. The van der Waals surface area contributed by atoms with Gasteiger partial charge in [0.2, 0.25) is 0 Å². The van der Waals surface area contributed by atoms with Crippen LogP contribution in [-0.4, -0.2) is 19.4 Å². The lowest BCUT2D eigenvalue weighted by molar-refractivity contribution is -0.274. The Bertz CT molecular complexity index is 745. The number of nitrogens with one attached hydrogen (secondary N) is 1. The second-order valence-corrected chi connectivity index (χ2v) is 5.16. The zero-order chi connectivity index (χ0) is 18.6. The molecular formula is C17H15F4NO3. The minimum atomic E-state index is -4.79. The standard InChI is InChI=1S/C17H15F4NO3/c1-10(12-5-8-15(24-2)14(18)9-12)22-16(23)11-3-6-13(7-4-11)25-17(19,20)21/h3-10H,1-2H3,(H,22,23). The predicted molar refractivity (Wildman–Crippen MR) is 82.0 cm³/mol. The number of rotatable bonds is 5. The van der Waals surface area contributed by atoms with Gasteiger partial charge in [-0.25, -0.2) is 4.39 Å². The van der Waals surface area contributed by atoms with Gasteiger partial charge in [-0.3, -0.25) is 4.79 Å². The van der Waals surface area contributed by atoms with Crippen molar-refractivity contribution in [1.29, 1.82) is 0 Å². The number of alkyl halides is 3. The van der Waals surface area contributed by atoms with Crippen molar-refractivity contribution in [2.45, 2.75) is 19.3 Å². The Labute approximate surface area is 141 Å². The van der Waals surface area contributed by atoms with E-state index in [2.05, 4.69) is 10.1 Å². The molecule has 134 valence electrons. The summed E-state index contributed by atoms with van der Waals surface area (Å²) in [4.78, 5) is 12.1. The van der Waals surface area contributed by atoms with Gasteiger partial charge in [-0.15, -0.1) is 13.2 Å². The summed E-state index contributed by atoms with van der Waals surface area (Å²) in [7, 11) is 1.34. The topological polar surface area (TPSA) is 47.6 Å². The second-order valence-electron chi connectivity index (χ2n) is 5.16. The molecule has 0 fully saturated rings. The van der Waals surface area contributed by atoms with E-state index in [1.54, 1.807) is 13.0 Å². The summed E-state index contributed by atoms with van der Waals surface area (Å²) >= 11 is 0. The van der Waals surface area contributed by atoms with E-state index in [0.29, 0.717) is 5.56 Å². The van der Waals surface area contributed by atoms with Gasteiger partial charge in [0.05, 0.1) is 13.2 Å². The number of amides is 1. The third-order valence-corrected chi connectivity index (χ3v) is 3.37. The molecule has 0 saturated heterocycles. The van der Waals surface area contributed by atoms with Crippen molar-refractivity contribution >= 4 is 5.91 Å². The van der Waals surface area contributed by atoms with E-state index in [1.165, 1.54) is 31.4 Å². The van der Waals surface area contributed by atoms with E-state index in [0.717, 1.165) is 12.1 Å². The van der Waals surface area contributed by atoms with Crippen LogP contribution >= 0.6 is 0 Å². The lowest BCUT2D eigenvalue weighted by Crippen LogP contribution is -2.26. The first-order chi connectivity index (χ1) is 11.7. The molecule has 2 rings (SSSR count). The normalized spacial score (nSPS) is 12.4. The van der Waals surface area contributed by atoms with E-state index in [-0.39, 0.29) is 11.3 Å². The van der Waals surface area contributed by atoms with Crippen molar-refractivity contribution in [3.8, 4) is 11.5 Å². The molecule has 0 saturated carbocycles. The predicted octanol–water partition coefficient (Wildman–Crippen LogP) is 4.22. The van der Waals surface area contributed by atoms with Crippen molar-refractivity contribution in [1.82, 2.24) is 5.32 Å². The molecule has 25 heavy (non-hydrogen) atoms. The Morgan fingerprint density at radius 1 is 1.12 bits per heavy atom. The number of methoxy groups -OCH3 is 1. The summed E-state index contributed by atoms with van der Waals surface area (Å²) in [5, 5.41) is 2.64. The lowest BCUT2D eigenvalue weighted by Gasteiger charge is -2.15. The van der Waals surface area contributed by atoms with Crippen molar-refractivity contribution in [2.75, 3.05) is 7.11 Å². The van der Waals surface area contributed by atoms with Crippen LogP contribution in [0.2, 0.25) is 0 Å². The van der Waals surface area contributed by atoms with Crippen LogP contribution in [0.4, 0.5) is 17.6 Å². The molecule has 1 atom stereocenters. The maximum Gasteiger partial charge on any atom is 0.573 e. The van der Waals surface area contributed by atoms with E-state index < -0.39 is 29.9 Å². The summed E-state index contributed by atoms with van der Waals surface area (Å²) in [5.74, 6) is -1.41. The van der Waals surface area contributed by atoms with Gasteiger partial charge in [0.1, 0.15) is 5.75 Å². The minimum absolute atomic E-state index is 0.0857. The number of halogens is 4. The fourth-order valence-corrected chi connectivity index (χ4v) is 2.12. The third kappa shape index (κ3) is 5.10. The summed E-state index contributed by atoms with van der Waals surface area (Å²) in [6, 6.07) is 8.27. The molecule has 1 unspecified atom stereocenters. The van der Waals surface area contributed by atoms with Crippen LogP contribution in [0.3, 0.4) is 0 Å². The largest absolute Gasteiger partial charge is 0.573 e. The quantitative estimate of drug-likeness (QED) is 0.815. The van der Waals surface area contributed by atoms with Crippen molar-refractivity contribution in [3.05, 3.63) is 59.4 Å². The molecule has 1 N–H and O–H groups in total. The molecule has 0 bridgehead atoms. The van der Waals surface area contributed by atoms with Crippen LogP contribution < -0.4 is 14.8 Å². The van der Waals surface area contributed by atoms with Gasteiger partial charge in [-0.05, 0) is 48.9 Å². The van der Waals surface area contributed by atoms with Crippen molar-refractivity contribution < 1.29 is 31.8 Å². The van der Waals surface area contributed by atoms with Crippen molar-refractivity contribution in [2.24, 2.45) is 0 Å². The summed E-state index contributed by atoms with van der Waals surface area (Å²) in [5.41, 5.74) is 0.666. The molecule has 2 aromatic rings. The van der Waals surface area contributed by atoms with Gasteiger partial charge in [0, 0.05) is 5.56 Å². The SMILES string of the molecule is COc1ccc(C(C)NC(=O)c2ccc(OC(F)(F)F)cc2)cc1F. The van der Waals surface area contributed by atoms with Crippen LogP contribution in [0.5, 0.6) is 11.5 Å². The first-order valence-corrected chi connectivity index (χ1v) is 7.19. The molecule has 0 heterocycles. The number of carbonyl (C=O) groups is 1. The number of benzene rings is 2. The van der Waals surface area contributed by atoms with Gasteiger partial charge in [-0.2, -0.15) is 0 Å². The Balaban J connectivity index is 2.04. The van der Waals surface area contributed by atoms with Crippen LogP contribution in [0.1, 0.15) is 28.9 Å². The molecule has 2 aromatic carbocycles. The highest BCUT2D eigenvalue weighted by molar-refractivity contribution is 5.94. The molecule has 8 heteroatoms. The Morgan fingerprint density at radius 3 is 2.28 bits per heavy atom. The van der Waals surface area contributed by atoms with Gasteiger partial charge >= 0.3 is 6.36 Å². The maximum absolute atomic E-state index is 13.7. The van der Waals surface area contributed by atoms with Crippen LogP contribution in [0.25, 0.3) is 0 Å². The smallest absolute Gasteiger partial charge is 0.494 e. The molecule has 1 amide bonds. The number of hydrogen-bond donors (Lipinski definition) is 1. The highest BCUT2D eigenvalue weighted by atomic mass is 19.4. The van der Waals surface area contributed by atoms with Gasteiger partial charge in [-0.1, -0.05) is 6.07 Å². The fourth-order valence-electron chi connectivity index (χ4n) is 2.12. The fraction of sp³-hybridized carbons (Fsp3) is 0.235. The van der Waals surface area contributed by atoms with Gasteiger partial charge in [0.15, 0.2) is 11.6 Å². The third-order valence-electron chi connectivity index (χ3n) is 3.37. The molecule has 0 aliphatic heterocycles. The Hall–Kier alpha value is -2.77. The Kier molecular flexibility index (Phi) is 5.51. The molecule has 0 aliphatic carbocycles. The van der Waals surface area contributed by atoms with E-state index >= 15 is 0 Å². The molecular weight excluding hydrogens is 342 g/mol. The summed E-state index contributed by atoms with van der Waals surface area (Å²) < 4.78 is 58.6. The zero-order valence-corrected chi connectivity index (χ0v) is 13.4. The molecule has 0 radical (unpaired) electrons. The lowest BCUT2D eigenvalue weighted by atomic mass is 10.1. The second kappa shape index (κ2) is 7.42. The van der Waals surface area contributed by atoms with Crippen molar-refractivity contribution in [3.63, 3.8) is 0 Å². The van der Waals surface area contributed by atoms with Crippen LogP contribution in [-0.2, 0) is 0 Å². The van der Waals surface area contributed by atoms with Gasteiger partial charge < -0.3 is 14.8 Å². The number of carbonyl (C=O) groups excluding carboxylic acids is 1. The minimum Gasteiger partial charge on any atom is -0.494 e. The van der Waals surface area contributed by atoms with E-state index in [4.69, 9.17) is 4.74 Å². The average molecular weight is 357 g/mol. The van der Waals surface area contributed by atoms with E-state index in [1.807, 2.05) is 0 Å². The monoisotopic (exact) mass is 357 g/mol. The highest BCUT2D eigenvalue weighted by Gasteiger charge is 2.31. The molecule has 0 aliphatic rings. The molecule has 4 nitrogen and oxygen atoms in total. The number of hydrogen-bond acceptors (Lipinski definition) is 3. The summed E-state index contributed by atoms with van der Waals surface area (Å²) in [6.45, 7) is 1.65. The first kappa shape index (κ1) is 18.6.